The fourth-order valence-electron chi connectivity index (χ4n) is 2.03. The lowest BCUT2D eigenvalue weighted by Gasteiger charge is -2.09. The fourth-order valence-corrected chi connectivity index (χ4v) is 2.95. The van der Waals surface area contributed by atoms with E-state index in [9.17, 15) is 17.6 Å². The molecule has 132 valence electrons. The Balaban J connectivity index is 2.22. The minimum Gasteiger partial charge on any atom is -0.495 e. The second-order valence-corrected chi connectivity index (χ2v) is 6.78. The van der Waals surface area contributed by atoms with Crippen molar-refractivity contribution in [1.82, 2.24) is 4.72 Å². The largest absolute Gasteiger partial charge is 0.495 e. The number of halogens is 1. The lowest BCUT2D eigenvalue weighted by atomic mass is 10.2. The Morgan fingerprint density at radius 2 is 1.92 bits per heavy atom. The Labute approximate surface area is 145 Å². The van der Waals surface area contributed by atoms with Gasteiger partial charge in [0.05, 0.1) is 12.8 Å². The molecule has 0 atom stereocenters. The second kappa shape index (κ2) is 7.91. The number of hydrogen-bond acceptors (Lipinski definition) is 4. The van der Waals surface area contributed by atoms with E-state index in [4.69, 9.17) is 4.74 Å². The third-order valence-corrected chi connectivity index (χ3v) is 4.74. The van der Waals surface area contributed by atoms with Gasteiger partial charge in [0.25, 0.3) is 0 Å². The van der Waals surface area contributed by atoms with Crippen LogP contribution in [-0.4, -0.2) is 28.5 Å². The van der Waals surface area contributed by atoms with Crippen LogP contribution in [0.1, 0.15) is 5.56 Å². The summed E-state index contributed by atoms with van der Waals surface area (Å²) in [6.45, 7) is 0. The minimum atomic E-state index is -3.72. The first kappa shape index (κ1) is 18.6. The van der Waals surface area contributed by atoms with E-state index in [1.54, 1.807) is 12.1 Å². The molecule has 0 aromatic heterocycles. The van der Waals surface area contributed by atoms with Gasteiger partial charge in [-0.3, -0.25) is 4.79 Å². The van der Waals surface area contributed by atoms with E-state index in [-0.39, 0.29) is 16.3 Å². The van der Waals surface area contributed by atoms with Crippen molar-refractivity contribution in [3.8, 4) is 5.75 Å². The molecule has 2 aromatic rings. The maximum Gasteiger partial charge on any atom is 0.248 e. The number of nitrogens with one attached hydrogen (secondary N) is 2. The molecule has 8 heteroatoms. The number of methoxy groups -OCH3 is 1. The van der Waals surface area contributed by atoms with Gasteiger partial charge < -0.3 is 10.1 Å². The van der Waals surface area contributed by atoms with Crippen LogP contribution < -0.4 is 14.8 Å². The first-order valence-electron chi connectivity index (χ1n) is 7.22. The Morgan fingerprint density at radius 3 is 2.56 bits per heavy atom. The number of sulfonamides is 1. The molecule has 0 saturated heterocycles. The molecule has 0 fully saturated rings. The van der Waals surface area contributed by atoms with Crippen molar-refractivity contribution in [3.05, 3.63) is 59.9 Å². The number of benzene rings is 2. The van der Waals surface area contributed by atoms with Crippen LogP contribution in [0.25, 0.3) is 6.08 Å². The molecule has 0 aliphatic carbocycles. The molecule has 0 spiro atoms. The molecule has 0 bridgehead atoms. The Hall–Kier alpha value is -2.71. The molecule has 0 unspecified atom stereocenters. The number of rotatable bonds is 6. The molecule has 2 N–H and O–H groups in total. The van der Waals surface area contributed by atoms with Crippen molar-refractivity contribution in [1.29, 1.82) is 0 Å². The molecule has 25 heavy (non-hydrogen) atoms. The zero-order valence-electron chi connectivity index (χ0n) is 13.6. The van der Waals surface area contributed by atoms with Crippen LogP contribution in [0, 0.1) is 5.82 Å². The molecule has 6 nitrogen and oxygen atoms in total. The highest BCUT2D eigenvalue weighted by atomic mass is 32.2. The smallest absolute Gasteiger partial charge is 0.248 e. The highest BCUT2D eigenvalue weighted by Crippen LogP contribution is 2.25. The third kappa shape index (κ3) is 4.65. The predicted octanol–water partition coefficient (Wildman–Crippen LogP) is 2.39. The zero-order chi connectivity index (χ0) is 18.4. The molecule has 0 aliphatic rings. The number of ether oxygens (including phenoxy) is 1. The summed E-state index contributed by atoms with van der Waals surface area (Å²) in [7, 11) is -1.06. The quantitative estimate of drug-likeness (QED) is 0.771. The van der Waals surface area contributed by atoms with Crippen LogP contribution in [0.4, 0.5) is 10.1 Å². The van der Waals surface area contributed by atoms with E-state index in [1.807, 2.05) is 0 Å². The maximum absolute atomic E-state index is 13.5. The summed E-state index contributed by atoms with van der Waals surface area (Å²) in [6.07, 6.45) is 2.61. The van der Waals surface area contributed by atoms with Gasteiger partial charge >= 0.3 is 0 Å². The summed E-state index contributed by atoms with van der Waals surface area (Å²) in [5.41, 5.74) is 0.531. The molecular weight excluding hydrogens is 347 g/mol. The van der Waals surface area contributed by atoms with Crippen LogP contribution in [0.2, 0.25) is 0 Å². The molecular formula is C17H17FN2O4S. The molecule has 0 aliphatic heterocycles. The predicted molar refractivity (Wildman–Crippen MR) is 93.3 cm³/mol. The summed E-state index contributed by atoms with van der Waals surface area (Å²) < 4.78 is 44.8. The molecule has 0 saturated carbocycles. The van der Waals surface area contributed by atoms with Crippen LogP contribution in [0.15, 0.2) is 53.4 Å². The van der Waals surface area contributed by atoms with E-state index in [0.717, 1.165) is 0 Å². The Kier molecular flexibility index (Phi) is 5.89. The van der Waals surface area contributed by atoms with Gasteiger partial charge in [-0.05, 0) is 43.0 Å². The number of carbonyl (C=O) groups is 1. The van der Waals surface area contributed by atoms with E-state index >= 15 is 0 Å². The lowest BCUT2D eigenvalue weighted by molar-refractivity contribution is -0.111. The minimum absolute atomic E-state index is 0.0471. The van der Waals surface area contributed by atoms with Gasteiger partial charge in [0.15, 0.2) is 0 Å². The van der Waals surface area contributed by atoms with Gasteiger partial charge in [0.2, 0.25) is 15.9 Å². The summed E-state index contributed by atoms with van der Waals surface area (Å²) in [5.74, 6) is -0.905. The Bertz CT molecular complexity index is 911. The summed E-state index contributed by atoms with van der Waals surface area (Å²) in [6, 6.07) is 10.2. The van der Waals surface area contributed by atoms with E-state index in [0.29, 0.717) is 5.56 Å². The van der Waals surface area contributed by atoms with Crippen LogP contribution in [-0.2, 0) is 14.8 Å². The maximum atomic E-state index is 13.5. The second-order valence-electron chi connectivity index (χ2n) is 4.92. The molecule has 2 rings (SSSR count). The SMILES string of the molecule is CNS(=O)(=O)c1cc(/C=C/C(=O)Nc2ccccc2F)ccc1OC. The number of amides is 1. The molecule has 1 amide bonds. The number of hydrogen-bond donors (Lipinski definition) is 2. The van der Waals surface area contributed by atoms with Crippen molar-refractivity contribution >= 4 is 27.7 Å². The van der Waals surface area contributed by atoms with Crippen LogP contribution in [0.3, 0.4) is 0 Å². The van der Waals surface area contributed by atoms with Crippen molar-refractivity contribution in [2.75, 3.05) is 19.5 Å². The van der Waals surface area contributed by atoms with Crippen LogP contribution in [0.5, 0.6) is 5.75 Å². The van der Waals surface area contributed by atoms with Gasteiger partial charge in [-0.25, -0.2) is 17.5 Å². The number of para-hydroxylation sites is 1. The van der Waals surface area contributed by atoms with E-state index in [2.05, 4.69) is 10.0 Å². The van der Waals surface area contributed by atoms with Gasteiger partial charge in [-0.2, -0.15) is 0 Å². The molecule has 2 aromatic carbocycles. The van der Waals surface area contributed by atoms with Crippen molar-refractivity contribution < 1.29 is 22.3 Å². The number of carbonyl (C=O) groups excluding carboxylic acids is 1. The Morgan fingerprint density at radius 1 is 1.20 bits per heavy atom. The van der Waals surface area contributed by atoms with Crippen molar-refractivity contribution in [2.45, 2.75) is 4.90 Å². The monoisotopic (exact) mass is 364 g/mol. The van der Waals surface area contributed by atoms with Crippen LogP contribution >= 0.6 is 0 Å². The first-order chi connectivity index (χ1) is 11.9. The van der Waals surface area contributed by atoms with Gasteiger partial charge in [0.1, 0.15) is 16.5 Å². The lowest BCUT2D eigenvalue weighted by Crippen LogP contribution is -2.19. The summed E-state index contributed by atoms with van der Waals surface area (Å²) >= 11 is 0. The zero-order valence-corrected chi connectivity index (χ0v) is 14.4. The van der Waals surface area contributed by atoms with Gasteiger partial charge in [-0.1, -0.05) is 18.2 Å². The highest BCUT2D eigenvalue weighted by Gasteiger charge is 2.17. The fraction of sp³-hybridized carbons (Fsp3) is 0.118. The van der Waals surface area contributed by atoms with Crippen molar-refractivity contribution in [2.24, 2.45) is 0 Å². The summed E-state index contributed by atoms with van der Waals surface area (Å²) in [4.78, 5) is 11.8. The van der Waals surface area contributed by atoms with Gasteiger partial charge in [0, 0.05) is 6.08 Å². The van der Waals surface area contributed by atoms with E-state index < -0.39 is 21.7 Å². The topological polar surface area (TPSA) is 84.5 Å². The molecule has 0 heterocycles. The third-order valence-electron chi connectivity index (χ3n) is 3.30. The highest BCUT2D eigenvalue weighted by molar-refractivity contribution is 7.89. The standard InChI is InChI=1S/C17H17FN2O4S/c1-19-25(22,23)16-11-12(7-9-15(16)24-2)8-10-17(21)20-14-6-4-3-5-13(14)18/h3-11,19H,1-2H3,(H,20,21)/b10-8+. The average molecular weight is 364 g/mol. The van der Waals surface area contributed by atoms with Crippen molar-refractivity contribution in [3.63, 3.8) is 0 Å². The molecule has 0 radical (unpaired) electrons. The number of anilines is 1. The normalized spacial score (nSPS) is 11.5. The average Bonchev–Trinajstić information content (AvgIpc) is 2.61. The van der Waals surface area contributed by atoms with E-state index in [1.165, 1.54) is 56.6 Å². The van der Waals surface area contributed by atoms with Gasteiger partial charge in [-0.15, -0.1) is 0 Å². The first-order valence-corrected chi connectivity index (χ1v) is 8.71. The summed E-state index contributed by atoms with van der Waals surface area (Å²) in [5, 5.41) is 2.40.